The fraction of sp³-hybridized carbons (Fsp3) is 0.611. The zero-order valence-corrected chi connectivity index (χ0v) is 13.6. The van der Waals surface area contributed by atoms with Crippen molar-refractivity contribution < 1.29 is 15.0 Å². The summed E-state index contributed by atoms with van der Waals surface area (Å²) >= 11 is 0. The van der Waals surface area contributed by atoms with Crippen LogP contribution in [-0.2, 0) is 0 Å². The van der Waals surface area contributed by atoms with Gasteiger partial charge < -0.3 is 15.1 Å². The Balaban J connectivity index is 1.54. The predicted octanol–water partition coefficient (Wildman–Crippen LogP) is 1.85. The van der Waals surface area contributed by atoms with Gasteiger partial charge in [-0.3, -0.25) is 9.69 Å². The number of aromatic hydroxyl groups is 1. The number of rotatable bonds is 3. The van der Waals surface area contributed by atoms with Crippen LogP contribution in [0.15, 0.2) is 24.3 Å². The van der Waals surface area contributed by atoms with E-state index in [0.29, 0.717) is 25.2 Å². The van der Waals surface area contributed by atoms with Gasteiger partial charge in [0.05, 0.1) is 11.2 Å². The summed E-state index contributed by atoms with van der Waals surface area (Å²) in [5.41, 5.74) is -0.172. The van der Waals surface area contributed by atoms with Gasteiger partial charge in [0.15, 0.2) is 0 Å². The van der Waals surface area contributed by atoms with Crippen molar-refractivity contribution in [3.05, 3.63) is 29.8 Å². The fourth-order valence-corrected chi connectivity index (χ4v) is 3.72. The Kier molecular flexibility index (Phi) is 4.87. The molecule has 2 aliphatic rings. The standard InChI is InChI=1S/C18H26N2O3/c21-16-7-3-2-6-15(16)17(22)20-12-10-19(11-13-20)14-18(23)8-4-1-5-9-18/h2-3,6-7,21,23H,1,4-5,8-14H2. The molecule has 1 saturated heterocycles. The number of amides is 1. The molecule has 0 aromatic heterocycles. The Bertz CT molecular complexity index is 547. The molecule has 5 nitrogen and oxygen atoms in total. The number of benzene rings is 1. The van der Waals surface area contributed by atoms with Crippen LogP contribution in [0.4, 0.5) is 0 Å². The molecule has 5 heteroatoms. The minimum Gasteiger partial charge on any atom is -0.507 e. The van der Waals surface area contributed by atoms with Crippen LogP contribution >= 0.6 is 0 Å². The number of β-amino-alcohol motifs (C(OH)–C–C–N with tert-alkyl or cyclic N) is 1. The van der Waals surface area contributed by atoms with E-state index in [2.05, 4.69) is 4.90 Å². The Morgan fingerprint density at radius 2 is 1.70 bits per heavy atom. The summed E-state index contributed by atoms with van der Waals surface area (Å²) in [6, 6.07) is 6.69. The van der Waals surface area contributed by atoms with Gasteiger partial charge in [0.1, 0.15) is 5.75 Å². The van der Waals surface area contributed by atoms with E-state index in [-0.39, 0.29) is 11.7 Å². The molecule has 2 fully saturated rings. The molecular formula is C18H26N2O3. The maximum absolute atomic E-state index is 12.5. The molecule has 0 unspecified atom stereocenters. The highest BCUT2D eigenvalue weighted by atomic mass is 16.3. The van der Waals surface area contributed by atoms with E-state index >= 15 is 0 Å². The Morgan fingerprint density at radius 3 is 2.35 bits per heavy atom. The maximum atomic E-state index is 12.5. The molecular weight excluding hydrogens is 292 g/mol. The van der Waals surface area contributed by atoms with E-state index < -0.39 is 5.60 Å². The zero-order valence-electron chi connectivity index (χ0n) is 13.6. The molecule has 0 bridgehead atoms. The van der Waals surface area contributed by atoms with Crippen molar-refractivity contribution in [3.8, 4) is 5.75 Å². The average molecular weight is 318 g/mol. The summed E-state index contributed by atoms with van der Waals surface area (Å²) in [4.78, 5) is 16.5. The van der Waals surface area contributed by atoms with Gasteiger partial charge in [-0.25, -0.2) is 0 Å². The molecule has 126 valence electrons. The summed E-state index contributed by atoms with van der Waals surface area (Å²) in [6.45, 7) is 3.56. The first-order chi connectivity index (χ1) is 11.1. The molecule has 1 amide bonds. The van der Waals surface area contributed by atoms with Crippen LogP contribution < -0.4 is 0 Å². The van der Waals surface area contributed by atoms with E-state index in [1.54, 1.807) is 29.2 Å². The third kappa shape index (κ3) is 3.85. The van der Waals surface area contributed by atoms with E-state index in [1.807, 2.05) is 0 Å². The van der Waals surface area contributed by atoms with Crippen LogP contribution in [0.25, 0.3) is 0 Å². The Labute approximate surface area is 137 Å². The highest BCUT2D eigenvalue weighted by Crippen LogP contribution is 2.29. The van der Waals surface area contributed by atoms with Crippen molar-refractivity contribution in [2.45, 2.75) is 37.7 Å². The van der Waals surface area contributed by atoms with Crippen molar-refractivity contribution >= 4 is 5.91 Å². The number of carbonyl (C=O) groups excluding carboxylic acids is 1. The second-order valence-electron chi connectivity index (χ2n) is 6.87. The molecule has 1 aliphatic heterocycles. The van der Waals surface area contributed by atoms with Crippen LogP contribution in [-0.4, -0.2) is 64.2 Å². The molecule has 3 rings (SSSR count). The SMILES string of the molecule is O=C(c1ccccc1O)N1CCN(CC2(O)CCCCC2)CC1. The van der Waals surface area contributed by atoms with Gasteiger partial charge in [-0.05, 0) is 25.0 Å². The van der Waals surface area contributed by atoms with Gasteiger partial charge >= 0.3 is 0 Å². The third-order valence-corrected chi connectivity index (χ3v) is 5.10. The van der Waals surface area contributed by atoms with Crippen molar-refractivity contribution in [1.82, 2.24) is 9.80 Å². The smallest absolute Gasteiger partial charge is 0.257 e. The monoisotopic (exact) mass is 318 g/mol. The number of hydrogen-bond acceptors (Lipinski definition) is 4. The van der Waals surface area contributed by atoms with Gasteiger partial charge in [-0.1, -0.05) is 31.4 Å². The van der Waals surface area contributed by atoms with Crippen LogP contribution in [0, 0.1) is 0 Å². The van der Waals surface area contributed by atoms with Crippen LogP contribution in [0.3, 0.4) is 0 Å². The average Bonchev–Trinajstić information content (AvgIpc) is 2.56. The third-order valence-electron chi connectivity index (χ3n) is 5.10. The number of phenolic OH excluding ortho intramolecular Hbond substituents is 1. The van der Waals surface area contributed by atoms with Crippen molar-refractivity contribution in [1.29, 1.82) is 0 Å². The van der Waals surface area contributed by atoms with Crippen molar-refractivity contribution in [3.63, 3.8) is 0 Å². The molecule has 2 N–H and O–H groups in total. The summed E-state index contributed by atoms with van der Waals surface area (Å²) < 4.78 is 0. The number of carbonyl (C=O) groups is 1. The zero-order chi connectivity index (χ0) is 16.3. The molecule has 0 radical (unpaired) electrons. The molecule has 1 aromatic carbocycles. The highest BCUT2D eigenvalue weighted by molar-refractivity contribution is 5.96. The second kappa shape index (κ2) is 6.89. The number of para-hydroxylation sites is 1. The van der Waals surface area contributed by atoms with Crippen LogP contribution in [0.1, 0.15) is 42.5 Å². The maximum Gasteiger partial charge on any atom is 0.257 e. The summed E-state index contributed by atoms with van der Waals surface area (Å²) in [6.07, 6.45) is 5.24. The summed E-state index contributed by atoms with van der Waals surface area (Å²) in [5.74, 6) is -0.0735. The topological polar surface area (TPSA) is 64.0 Å². The fourth-order valence-electron chi connectivity index (χ4n) is 3.72. The van der Waals surface area contributed by atoms with Gasteiger partial charge in [-0.2, -0.15) is 0 Å². The van der Waals surface area contributed by atoms with Crippen LogP contribution in [0.5, 0.6) is 5.75 Å². The molecule has 0 atom stereocenters. The predicted molar refractivity (Wildman–Crippen MR) is 88.5 cm³/mol. The molecule has 1 heterocycles. The van der Waals surface area contributed by atoms with Gasteiger partial charge in [-0.15, -0.1) is 0 Å². The van der Waals surface area contributed by atoms with E-state index in [4.69, 9.17) is 0 Å². The van der Waals surface area contributed by atoms with Gasteiger partial charge in [0.2, 0.25) is 0 Å². The normalized spacial score (nSPS) is 22.0. The lowest BCUT2D eigenvalue weighted by Gasteiger charge is -2.41. The highest BCUT2D eigenvalue weighted by Gasteiger charge is 2.33. The number of piperazine rings is 1. The first kappa shape index (κ1) is 16.3. The molecule has 1 aromatic rings. The number of phenols is 1. The minimum absolute atomic E-state index is 0.0384. The van der Waals surface area contributed by atoms with Crippen molar-refractivity contribution in [2.24, 2.45) is 0 Å². The largest absolute Gasteiger partial charge is 0.507 e. The van der Waals surface area contributed by atoms with Gasteiger partial charge in [0.25, 0.3) is 5.91 Å². The van der Waals surface area contributed by atoms with E-state index in [9.17, 15) is 15.0 Å². The summed E-state index contributed by atoms with van der Waals surface area (Å²) in [7, 11) is 0. The molecule has 23 heavy (non-hydrogen) atoms. The van der Waals surface area contributed by atoms with Gasteiger partial charge in [0, 0.05) is 32.7 Å². The first-order valence-corrected chi connectivity index (χ1v) is 8.59. The molecule has 1 saturated carbocycles. The minimum atomic E-state index is -0.540. The summed E-state index contributed by atoms with van der Waals surface area (Å²) in [5, 5.41) is 20.5. The quantitative estimate of drug-likeness (QED) is 0.893. The lowest BCUT2D eigenvalue weighted by Crippen LogP contribution is -2.53. The van der Waals surface area contributed by atoms with E-state index in [1.165, 1.54) is 6.42 Å². The Morgan fingerprint density at radius 1 is 1.04 bits per heavy atom. The molecule has 0 spiro atoms. The van der Waals surface area contributed by atoms with Crippen LogP contribution in [0.2, 0.25) is 0 Å². The lowest BCUT2D eigenvalue weighted by atomic mass is 9.84. The number of hydrogen-bond donors (Lipinski definition) is 2. The van der Waals surface area contributed by atoms with E-state index in [0.717, 1.165) is 38.8 Å². The molecule has 1 aliphatic carbocycles. The number of aliphatic hydroxyl groups is 1. The lowest BCUT2D eigenvalue weighted by molar-refractivity contribution is -0.0339. The number of nitrogens with zero attached hydrogens (tertiary/aromatic N) is 2. The van der Waals surface area contributed by atoms with Crippen molar-refractivity contribution in [2.75, 3.05) is 32.7 Å². The Hall–Kier alpha value is -1.59. The second-order valence-corrected chi connectivity index (χ2v) is 6.87. The first-order valence-electron chi connectivity index (χ1n) is 8.59.